The van der Waals surface area contributed by atoms with Gasteiger partial charge in [0.15, 0.2) is 0 Å². The second kappa shape index (κ2) is 5.45. The van der Waals surface area contributed by atoms with E-state index in [1.807, 2.05) is 54.8 Å². The topological polar surface area (TPSA) is 46.2 Å². The van der Waals surface area contributed by atoms with Crippen molar-refractivity contribution in [2.24, 2.45) is 11.7 Å². The molecule has 3 heteroatoms. The van der Waals surface area contributed by atoms with Crippen molar-refractivity contribution in [2.45, 2.75) is 19.1 Å². The highest BCUT2D eigenvalue weighted by Gasteiger charge is 2.24. The van der Waals surface area contributed by atoms with E-state index in [2.05, 4.69) is 0 Å². The zero-order chi connectivity index (χ0) is 12.3. The normalized spacial score (nSPS) is 16.4. The van der Waals surface area contributed by atoms with E-state index in [-0.39, 0.29) is 12.0 Å². The minimum atomic E-state index is -0.495. The Morgan fingerprint density at radius 3 is 2.41 bits per heavy atom. The minimum Gasteiger partial charge on any atom is -0.387 e. The second-order valence-electron chi connectivity index (χ2n) is 4.26. The number of rotatable bonds is 4. The van der Waals surface area contributed by atoms with Crippen LogP contribution in [0.1, 0.15) is 29.5 Å². The summed E-state index contributed by atoms with van der Waals surface area (Å²) in [5.74, 6) is -0.00366. The van der Waals surface area contributed by atoms with Crippen LogP contribution in [-0.4, -0.2) is 5.11 Å². The largest absolute Gasteiger partial charge is 0.387 e. The second-order valence-corrected chi connectivity index (χ2v) is 5.24. The van der Waals surface area contributed by atoms with E-state index in [0.29, 0.717) is 0 Å². The third kappa shape index (κ3) is 2.75. The molecule has 2 nitrogen and oxygen atoms in total. The van der Waals surface area contributed by atoms with Gasteiger partial charge in [0.2, 0.25) is 0 Å². The first kappa shape index (κ1) is 12.3. The van der Waals surface area contributed by atoms with Crippen LogP contribution >= 0.6 is 11.3 Å². The molecule has 3 atom stereocenters. The molecule has 1 aromatic carbocycles. The van der Waals surface area contributed by atoms with Crippen molar-refractivity contribution in [3.8, 4) is 0 Å². The van der Waals surface area contributed by atoms with Crippen molar-refractivity contribution in [1.29, 1.82) is 0 Å². The minimum absolute atomic E-state index is 0.00366. The van der Waals surface area contributed by atoms with E-state index in [4.69, 9.17) is 5.73 Å². The van der Waals surface area contributed by atoms with Crippen molar-refractivity contribution < 1.29 is 5.11 Å². The van der Waals surface area contributed by atoms with Gasteiger partial charge in [-0.1, -0.05) is 43.3 Å². The molecule has 0 amide bonds. The molecular weight excluding hydrogens is 230 g/mol. The summed E-state index contributed by atoms with van der Waals surface area (Å²) in [6.45, 7) is 1.99. The Balaban J connectivity index is 2.12. The zero-order valence-electron chi connectivity index (χ0n) is 9.78. The van der Waals surface area contributed by atoms with Gasteiger partial charge in [0.05, 0.1) is 6.10 Å². The lowest BCUT2D eigenvalue weighted by atomic mass is 9.90. The fourth-order valence-electron chi connectivity index (χ4n) is 1.89. The highest BCUT2D eigenvalue weighted by Crippen LogP contribution is 2.32. The van der Waals surface area contributed by atoms with Crippen LogP contribution in [0.3, 0.4) is 0 Å². The number of nitrogens with two attached hydrogens (primary N) is 1. The van der Waals surface area contributed by atoms with Crippen LogP contribution < -0.4 is 5.73 Å². The number of hydrogen-bond donors (Lipinski definition) is 2. The standard InChI is InChI=1S/C14H17NOS/c1-10(14(16)12-8-5-9-17-12)13(15)11-6-3-2-4-7-11/h2-10,13-14,16H,15H2,1H3/t10-,13-,14+/m1/s1. The van der Waals surface area contributed by atoms with Gasteiger partial charge in [0, 0.05) is 16.8 Å². The SMILES string of the molecule is C[C@@H]([C@H](O)c1cccs1)[C@@H](N)c1ccccc1. The third-order valence-electron chi connectivity index (χ3n) is 3.08. The molecule has 0 spiro atoms. The van der Waals surface area contributed by atoms with Crippen LogP contribution in [0, 0.1) is 5.92 Å². The van der Waals surface area contributed by atoms with E-state index >= 15 is 0 Å². The molecule has 2 aromatic rings. The molecule has 90 valence electrons. The fraction of sp³-hybridized carbons (Fsp3) is 0.286. The van der Waals surface area contributed by atoms with Gasteiger partial charge in [-0.25, -0.2) is 0 Å². The van der Waals surface area contributed by atoms with Crippen LogP contribution in [0.4, 0.5) is 0 Å². The number of aliphatic hydroxyl groups excluding tert-OH is 1. The molecule has 0 aliphatic carbocycles. The Kier molecular flexibility index (Phi) is 3.94. The molecule has 0 unspecified atom stereocenters. The summed E-state index contributed by atoms with van der Waals surface area (Å²) in [7, 11) is 0. The zero-order valence-corrected chi connectivity index (χ0v) is 10.6. The van der Waals surface area contributed by atoms with E-state index < -0.39 is 6.10 Å². The van der Waals surface area contributed by atoms with E-state index in [0.717, 1.165) is 10.4 Å². The van der Waals surface area contributed by atoms with E-state index in [1.165, 1.54) is 0 Å². The number of aliphatic hydroxyl groups is 1. The maximum atomic E-state index is 10.2. The Bertz CT molecular complexity index is 441. The van der Waals surface area contributed by atoms with Gasteiger partial charge in [-0.3, -0.25) is 0 Å². The summed E-state index contributed by atoms with van der Waals surface area (Å²) < 4.78 is 0. The summed E-state index contributed by atoms with van der Waals surface area (Å²) in [5, 5.41) is 12.2. The lowest BCUT2D eigenvalue weighted by molar-refractivity contribution is 0.106. The summed E-state index contributed by atoms with van der Waals surface area (Å²) in [6.07, 6.45) is -0.495. The summed E-state index contributed by atoms with van der Waals surface area (Å²) in [5.41, 5.74) is 7.26. The molecule has 17 heavy (non-hydrogen) atoms. The molecule has 0 aliphatic rings. The maximum absolute atomic E-state index is 10.2. The molecule has 0 saturated carbocycles. The summed E-state index contributed by atoms with van der Waals surface area (Å²) in [6, 6.07) is 13.7. The Hall–Kier alpha value is -1.16. The Labute approximate surface area is 106 Å². The van der Waals surface area contributed by atoms with Crippen LogP contribution in [0.25, 0.3) is 0 Å². The van der Waals surface area contributed by atoms with Crippen LogP contribution in [0.5, 0.6) is 0 Å². The van der Waals surface area contributed by atoms with Crippen molar-refractivity contribution in [3.05, 3.63) is 58.3 Å². The molecular formula is C14H17NOS. The van der Waals surface area contributed by atoms with Crippen LogP contribution in [-0.2, 0) is 0 Å². The monoisotopic (exact) mass is 247 g/mol. The third-order valence-corrected chi connectivity index (χ3v) is 4.03. The van der Waals surface area contributed by atoms with Gasteiger partial charge in [0.1, 0.15) is 0 Å². The van der Waals surface area contributed by atoms with Gasteiger partial charge in [-0.2, -0.15) is 0 Å². The highest BCUT2D eigenvalue weighted by atomic mass is 32.1. The van der Waals surface area contributed by atoms with Gasteiger partial charge in [-0.05, 0) is 17.0 Å². The average molecular weight is 247 g/mol. The fourth-order valence-corrected chi connectivity index (χ4v) is 2.72. The van der Waals surface area contributed by atoms with Crippen LogP contribution in [0.15, 0.2) is 47.8 Å². The first-order valence-corrected chi connectivity index (χ1v) is 6.60. The molecule has 3 N–H and O–H groups in total. The molecule has 0 fully saturated rings. The Morgan fingerprint density at radius 1 is 1.12 bits per heavy atom. The molecule has 1 aromatic heterocycles. The average Bonchev–Trinajstić information content (AvgIpc) is 2.91. The Morgan fingerprint density at radius 2 is 1.82 bits per heavy atom. The van der Waals surface area contributed by atoms with E-state index in [9.17, 15) is 5.11 Å². The van der Waals surface area contributed by atoms with Gasteiger partial charge >= 0.3 is 0 Å². The van der Waals surface area contributed by atoms with Gasteiger partial charge in [0.25, 0.3) is 0 Å². The van der Waals surface area contributed by atoms with Gasteiger partial charge < -0.3 is 10.8 Å². The molecule has 1 heterocycles. The summed E-state index contributed by atoms with van der Waals surface area (Å²) in [4.78, 5) is 0.976. The highest BCUT2D eigenvalue weighted by molar-refractivity contribution is 7.10. The van der Waals surface area contributed by atoms with Crippen LogP contribution in [0.2, 0.25) is 0 Å². The number of benzene rings is 1. The van der Waals surface area contributed by atoms with Crippen molar-refractivity contribution in [3.63, 3.8) is 0 Å². The van der Waals surface area contributed by atoms with Crippen molar-refractivity contribution in [1.82, 2.24) is 0 Å². The van der Waals surface area contributed by atoms with Crippen molar-refractivity contribution in [2.75, 3.05) is 0 Å². The smallest absolute Gasteiger partial charge is 0.0925 e. The number of thiophene rings is 1. The maximum Gasteiger partial charge on any atom is 0.0925 e. The predicted molar refractivity (Wildman–Crippen MR) is 71.8 cm³/mol. The lowest BCUT2D eigenvalue weighted by Crippen LogP contribution is -2.24. The predicted octanol–water partition coefficient (Wildman–Crippen LogP) is 3.12. The quantitative estimate of drug-likeness (QED) is 0.872. The molecule has 2 rings (SSSR count). The lowest BCUT2D eigenvalue weighted by Gasteiger charge is -2.24. The number of hydrogen-bond acceptors (Lipinski definition) is 3. The molecule has 0 radical (unpaired) electrons. The molecule has 0 aliphatic heterocycles. The first-order valence-electron chi connectivity index (χ1n) is 5.72. The molecule has 0 saturated heterocycles. The first-order chi connectivity index (χ1) is 8.20. The van der Waals surface area contributed by atoms with E-state index in [1.54, 1.807) is 11.3 Å². The summed E-state index contributed by atoms with van der Waals surface area (Å²) >= 11 is 1.57. The van der Waals surface area contributed by atoms with Gasteiger partial charge in [-0.15, -0.1) is 11.3 Å². The van der Waals surface area contributed by atoms with Crippen molar-refractivity contribution >= 4 is 11.3 Å². The molecule has 0 bridgehead atoms.